The first-order valence-electron chi connectivity index (χ1n) is 9.20. The number of rotatable bonds is 5. The lowest BCUT2D eigenvalue weighted by Crippen LogP contribution is -2.51. The van der Waals surface area contributed by atoms with Crippen LogP contribution in [0.1, 0.15) is 50.4 Å². The molecule has 0 saturated heterocycles. The number of carbonyl (C=O) groups excluding carboxylic acids is 3. The zero-order valence-electron chi connectivity index (χ0n) is 16.5. The third-order valence-corrected chi connectivity index (χ3v) is 4.47. The Hall–Kier alpha value is -3.17. The van der Waals surface area contributed by atoms with Gasteiger partial charge in [0.15, 0.2) is 0 Å². The molecule has 10 heteroatoms. The van der Waals surface area contributed by atoms with Gasteiger partial charge in [0.1, 0.15) is 11.7 Å². The number of benzene rings is 1. The summed E-state index contributed by atoms with van der Waals surface area (Å²) < 4.78 is 10.8. The molecule has 0 radical (unpaired) electrons. The van der Waals surface area contributed by atoms with E-state index >= 15 is 0 Å². The van der Waals surface area contributed by atoms with Gasteiger partial charge in [-0.1, -0.05) is 0 Å². The molecule has 0 heterocycles. The highest BCUT2D eigenvalue weighted by Crippen LogP contribution is 2.28. The summed E-state index contributed by atoms with van der Waals surface area (Å²) in [7, 11) is 0. The number of non-ortho nitro benzene ring substituents is 1. The van der Waals surface area contributed by atoms with Crippen LogP contribution in [-0.4, -0.2) is 40.6 Å². The lowest BCUT2D eigenvalue weighted by Gasteiger charge is -2.35. The summed E-state index contributed by atoms with van der Waals surface area (Å²) in [5, 5.41) is 13.4. The van der Waals surface area contributed by atoms with Crippen molar-refractivity contribution in [3.8, 4) is 0 Å². The number of hydrogen-bond donors (Lipinski definition) is 2. The molecular weight excluding hydrogens is 382 g/mol. The third-order valence-electron chi connectivity index (χ3n) is 4.47. The van der Waals surface area contributed by atoms with E-state index in [0.29, 0.717) is 12.8 Å². The second kappa shape index (κ2) is 8.89. The SMILES string of the molecule is CC(C)(C)OC(=O)N[C@@H]1CCC(C(N)=O)C[C@@H]1OC(=O)c1ccc([N+](=O)[O-])cc1. The number of primary amides is 1. The lowest BCUT2D eigenvalue weighted by atomic mass is 9.83. The average molecular weight is 407 g/mol. The normalized spacial score (nSPS) is 21.7. The zero-order chi connectivity index (χ0) is 21.8. The number of amides is 2. The highest BCUT2D eigenvalue weighted by Gasteiger charge is 2.37. The predicted molar refractivity (Wildman–Crippen MR) is 102 cm³/mol. The van der Waals surface area contributed by atoms with Crippen molar-refractivity contribution in [2.75, 3.05) is 0 Å². The van der Waals surface area contributed by atoms with Gasteiger partial charge in [-0.05, 0) is 52.2 Å². The standard InChI is InChI=1S/C19H25N3O7/c1-19(2,3)29-18(25)21-14-9-6-12(16(20)23)10-15(14)28-17(24)11-4-7-13(8-5-11)22(26)27/h4-5,7-8,12,14-15H,6,9-10H2,1-3H3,(H2,20,23)(H,21,25)/t12?,14-,15+/m1/s1. The first-order chi connectivity index (χ1) is 13.5. The molecule has 158 valence electrons. The average Bonchev–Trinajstić information content (AvgIpc) is 2.61. The van der Waals surface area contributed by atoms with Crippen molar-refractivity contribution in [1.82, 2.24) is 5.32 Å². The molecule has 1 fully saturated rings. The van der Waals surface area contributed by atoms with Crippen LogP contribution in [0.2, 0.25) is 0 Å². The van der Waals surface area contributed by atoms with Gasteiger partial charge in [-0.25, -0.2) is 9.59 Å². The Morgan fingerprint density at radius 2 is 1.79 bits per heavy atom. The van der Waals surface area contributed by atoms with Gasteiger partial charge in [0.2, 0.25) is 5.91 Å². The number of nitrogens with two attached hydrogens (primary N) is 1. The maximum Gasteiger partial charge on any atom is 0.408 e. The highest BCUT2D eigenvalue weighted by molar-refractivity contribution is 5.90. The second-order valence-electron chi connectivity index (χ2n) is 7.91. The number of nitro benzene ring substituents is 1. The Kier molecular flexibility index (Phi) is 6.78. The van der Waals surface area contributed by atoms with Crippen LogP contribution in [0.4, 0.5) is 10.5 Å². The smallest absolute Gasteiger partial charge is 0.408 e. The fourth-order valence-corrected chi connectivity index (χ4v) is 3.07. The number of nitrogens with one attached hydrogen (secondary N) is 1. The fraction of sp³-hybridized carbons (Fsp3) is 0.526. The minimum absolute atomic E-state index is 0.118. The van der Waals surface area contributed by atoms with Crippen LogP contribution in [0.3, 0.4) is 0 Å². The number of carbonyl (C=O) groups is 3. The van der Waals surface area contributed by atoms with Crippen molar-refractivity contribution in [1.29, 1.82) is 0 Å². The van der Waals surface area contributed by atoms with E-state index in [1.54, 1.807) is 20.8 Å². The Morgan fingerprint density at radius 3 is 2.31 bits per heavy atom. The maximum absolute atomic E-state index is 12.5. The molecule has 3 N–H and O–H groups in total. The quantitative estimate of drug-likeness (QED) is 0.432. The predicted octanol–water partition coefficient (Wildman–Crippen LogP) is 2.30. The van der Waals surface area contributed by atoms with Crippen LogP contribution in [-0.2, 0) is 14.3 Å². The Balaban J connectivity index is 2.11. The molecule has 1 unspecified atom stereocenters. The molecule has 1 aromatic rings. The van der Waals surface area contributed by atoms with Crippen molar-refractivity contribution >= 4 is 23.7 Å². The van der Waals surface area contributed by atoms with E-state index in [1.165, 1.54) is 24.3 Å². The summed E-state index contributed by atoms with van der Waals surface area (Å²) in [6.45, 7) is 5.17. The van der Waals surface area contributed by atoms with E-state index in [1.807, 2.05) is 0 Å². The fourth-order valence-electron chi connectivity index (χ4n) is 3.07. The van der Waals surface area contributed by atoms with Crippen LogP contribution < -0.4 is 11.1 Å². The molecule has 0 aliphatic heterocycles. The topological polar surface area (TPSA) is 151 Å². The number of hydrogen-bond acceptors (Lipinski definition) is 7. The summed E-state index contributed by atoms with van der Waals surface area (Å²) in [4.78, 5) is 46.3. The van der Waals surface area contributed by atoms with Crippen molar-refractivity contribution < 1.29 is 28.8 Å². The van der Waals surface area contributed by atoms with E-state index in [0.717, 1.165) is 0 Å². The van der Waals surface area contributed by atoms with Gasteiger partial charge < -0.3 is 20.5 Å². The van der Waals surface area contributed by atoms with E-state index in [-0.39, 0.29) is 17.7 Å². The number of alkyl carbamates (subject to hydrolysis) is 1. The van der Waals surface area contributed by atoms with Crippen LogP contribution in [0.25, 0.3) is 0 Å². The van der Waals surface area contributed by atoms with E-state index in [9.17, 15) is 24.5 Å². The summed E-state index contributed by atoms with van der Waals surface area (Å²) in [6, 6.07) is 4.40. The molecule has 0 aromatic heterocycles. The van der Waals surface area contributed by atoms with Gasteiger partial charge in [-0.3, -0.25) is 14.9 Å². The van der Waals surface area contributed by atoms with Gasteiger partial charge >= 0.3 is 12.1 Å². The van der Waals surface area contributed by atoms with Gasteiger partial charge in [-0.15, -0.1) is 0 Å². The maximum atomic E-state index is 12.5. The highest BCUT2D eigenvalue weighted by atomic mass is 16.6. The number of nitro groups is 1. The summed E-state index contributed by atoms with van der Waals surface area (Å²) in [5.41, 5.74) is 4.66. The van der Waals surface area contributed by atoms with Crippen molar-refractivity contribution in [2.24, 2.45) is 11.7 Å². The first-order valence-corrected chi connectivity index (χ1v) is 9.20. The number of esters is 1. The molecule has 1 saturated carbocycles. The molecule has 2 rings (SSSR count). The van der Waals surface area contributed by atoms with Gasteiger partial charge in [0, 0.05) is 18.1 Å². The second-order valence-corrected chi connectivity index (χ2v) is 7.91. The Bertz CT molecular complexity index is 786. The van der Waals surface area contributed by atoms with Gasteiger partial charge in [0.05, 0.1) is 16.5 Å². The molecule has 29 heavy (non-hydrogen) atoms. The molecule has 1 aromatic carbocycles. The molecule has 2 amide bonds. The van der Waals surface area contributed by atoms with Gasteiger partial charge in [-0.2, -0.15) is 0 Å². The molecule has 1 aliphatic carbocycles. The Labute approximate surface area is 167 Å². The van der Waals surface area contributed by atoms with E-state index < -0.39 is 46.6 Å². The van der Waals surface area contributed by atoms with Crippen LogP contribution >= 0.6 is 0 Å². The Morgan fingerprint density at radius 1 is 1.17 bits per heavy atom. The monoisotopic (exact) mass is 407 g/mol. The summed E-state index contributed by atoms with van der Waals surface area (Å²) in [6.07, 6.45) is -0.464. The van der Waals surface area contributed by atoms with Gasteiger partial charge in [0.25, 0.3) is 5.69 Å². The van der Waals surface area contributed by atoms with Crippen molar-refractivity contribution in [3.63, 3.8) is 0 Å². The lowest BCUT2D eigenvalue weighted by molar-refractivity contribution is -0.384. The van der Waals surface area contributed by atoms with Crippen molar-refractivity contribution in [3.05, 3.63) is 39.9 Å². The van der Waals surface area contributed by atoms with E-state index in [4.69, 9.17) is 15.2 Å². The summed E-state index contributed by atoms with van der Waals surface area (Å²) in [5.74, 6) is -1.70. The van der Waals surface area contributed by atoms with E-state index in [2.05, 4.69) is 5.32 Å². The minimum Gasteiger partial charge on any atom is -0.457 e. The number of nitrogens with zero attached hydrogens (tertiary/aromatic N) is 1. The molecule has 0 spiro atoms. The third kappa shape index (κ3) is 6.44. The first kappa shape index (κ1) is 22.1. The van der Waals surface area contributed by atoms with Crippen molar-refractivity contribution in [2.45, 2.75) is 57.8 Å². The van der Waals surface area contributed by atoms with Crippen LogP contribution in [0.15, 0.2) is 24.3 Å². The van der Waals surface area contributed by atoms with Crippen LogP contribution in [0.5, 0.6) is 0 Å². The number of ether oxygens (including phenoxy) is 2. The largest absolute Gasteiger partial charge is 0.457 e. The summed E-state index contributed by atoms with van der Waals surface area (Å²) >= 11 is 0. The zero-order valence-corrected chi connectivity index (χ0v) is 16.5. The molecule has 0 bridgehead atoms. The minimum atomic E-state index is -0.795. The van der Waals surface area contributed by atoms with Crippen LogP contribution in [0, 0.1) is 16.0 Å². The molecular formula is C19H25N3O7. The molecule has 1 aliphatic rings. The molecule has 10 nitrogen and oxygen atoms in total. The molecule has 3 atom stereocenters.